The second kappa shape index (κ2) is 4.39. The molecule has 0 amide bonds. The first kappa shape index (κ1) is 10.2. The quantitative estimate of drug-likeness (QED) is 0.723. The van der Waals surface area contributed by atoms with E-state index in [0.717, 1.165) is 12.4 Å². The van der Waals surface area contributed by atoms with Crippen molar-refractivity contribution in [3.8, 4) is 0 Å². The fourth-order valence-electron chi connectivity index (χ4n) is 1.11. The molecule has 4 heteroatoms. The van der Waals surface area contributed by atoms with E-state index in [0.29, 0.717) is 12.6 Å². The average Bonchev–Trinajstić information content (AvgIpc) is 2.50. The maximum absolute atomic E-state index is 5.57. The van der Waals surface area contributed by atoms with Gasteiger partial charge in [0.25, 0.3) is 0 Å². The van der Waals surface area contributed by atoms with Crippen molar-refractivity contribution in [1.29, 1.82) is 0 Å². The van der Waals surface area contributed by atoms with Crippen LogP contribution < -0.4 is 5.73 Å². The molecule has 1 aromatic heterocycles. The summed E-state index contributed by atoms with van der Waals surface area (Å²) in [5.41, 5.74) is 5.57. The zero-order chi connectivity index (χ0) is 9.84. The summed E-state index contributed by atoms with van der Waals surface area (Å²) in [5.74, 6) is 1.07. The molecule has 74 valence electrons. The van der Waals surface area contributed by atoms with Crippen LogP contribution in [-0.2, 0) is 13.6 Å². The van der Waals surface area contributed by atoms with Crippen LogP contribution in [0.2, 0.25) is 0 Å². The molecule has 1 rings (SSSR count). The average molecular weight is 182 g/mol. The maximum atomic E-state index is 5.57. The van der Waals surface area contributed by atoms with E-state index in [4.69, 9.17) is 5.73 Å². The molecule has 2 N–H and O–H groups in total. The van der Waals surface area contributed by atoms with Gasteiger partial charge in [-0.3, -0.25) is 4.90 Å². The Morgan fingerprint density at radius 2 is 2.38 bits per heavy atom. The molecule has 1 aromatic rings. The van der Waals surface area contributed by atoms with Crippen molar-refractivity contribution in [1.82, 2.24) is 14.5 Å². The largest absolute Gasteiger partial charge is 0.337 e. The van der Waals surface area contributed by atoms with Gasteiger partial charge >= 0.3 is 0 Å². The van der Waals surface area contributed by atoms with Crippen molar-refractivity contribution < 1.29 is 0 Å². The van der Waals surface area contributed by atoms with E-state index in [2.05, 4.69) is 23.9 Å². The highest BCUT2D eigenvalue weighted by atomic mass is 15.2. The standard InChI is InChI=1S/C9H18N4/c1-8(6-10)13(3)7-9-11-4-5-12(9)2/h4-5,8H,6-7,10H2,1-3H3. The number of likely N-dealkylation sites (N-methyl/N-ethyl adjacent to an activating group) is 1. The Hall–Kier alpha value is -0.870. The first-order valence-electron chi connectivity index (χ1n) is 4.51. The van der Waals surface area contributed by atoms with Gasteiger partial charge in [0.2, 0.25) is 0 Å². The van der Waals surface area contributed by atoms with Crippen LogP contribution in [0, 0.1) is 0 Å². The number of aryl methyl sites for hydroxylation is 1. The Balaban J connectivity index is 2.54. The van der Waals surface area contributed by atoms with Crippen molar-refractivity contribution >= 4 is 0 Å². The monoisotopic (exact) mass is 182 g/mol. The Morgan fingerprint density at radius 3 is 2.85 bits per heavy atom. The molecule has 1 heterocycles. The number of nitrogens with zero attached hydrogens (tertiary/aromatic N) is 3. The number of imidazole rings is 1. The topological polar surface area (TPSA) is 47.1 Å². The van der Waals surface area contributed by atoms with Crippen LogP contribution >= 0.6 is 0 Å². The molecular formula is C9H18N4. The summed E-state index contributed by atoms with van der Waals surface area (Å²) < 4.78 is 2.03. The molecule has 0 bridgehead atoms. The molecule has 1 unspecified atom stereocenters. The fraction of sp³-hybridized carbons (Fsp3) is 0.667. The summed E-state index contributed by atoms with van der Waals surface area (Å²) >= 11 is 0. The van der Waals surface area contributed by atoms with Gasteiger partial charge < -0.3 is 10.3 Å². The van der Waals surface area contributed by atoms with Gasteiger partial charge in [-0.1, -0.05) is 0 Å². The van der Waals surface area contributed by atoms with Gasteiger partial charge in [0.1, 0.15) is 5.82 Å². The lowest BCUT2D eigenvalue weighted by molar-refractivity contribution is 0.246. The molecule has 4 nitrogen and oxygen atoms in total. The zero-order valence-corrected chi connectivity index (χ0v) is 8.57. The van der Waals surface area contributed by atoms with Crippen LogP contribution in [0.3, 0.4) is 0 Å². The minimum Gasteiger partial charge on any atom is -0.337 e. The normalized spacial score (nSPS) is 13.6. The van der Waals surface area contributed by atoms with Gasteiger partial charge in [-0.15, -0.1) is 0 Å². The van der Waals surface area contributed by atoms with E-state index in [9.17, 15) is 0 Å². The summed E-state index contributed by atoms with van der Waals surface area (Å²) in [6.07, 6.45) is 3.77. The summed E-state index contributed by atoms with van der Waals surface area (Å²) in [4.78, 5) is 6.45. The number of nitrogens with two attached hydrogens (primary N) is 1. The highest BCUT2D eigenvalue weighted by molar-refractivity contribution is 4.91. The molecule has 1 atom stereocenters. The van der Waals surface area contributed by atoms with E-state index in [1.165, 1.54) is 0 Å². The Morgan fingerprint density at radius 1 is 1.69 bits per heavy atom. The van der Waals surface area contributed by atoms with Crippen molar-refractivity contribution in [2.24, 2.45) is 12.8 Å². The summed E-state index contributed by atoms with van der Waals surface area (Å²) in [6, 6.07) is 0.400. The van der Waals surface area contributed by atoms with Crippen molar-refractivity contribution in [2.45, 2.75) is 19.5 Å². The van der Waals surface area contributed by atoms with Crippen molar-refractivity contribution in [3.63, 3.8) is 0 Å². The molecule has 0 aliphatic rings. The van der Waals surface area contributed by atoms with Gasteiger partial charge in [0.05, 0.1) is 6.54 Å². The Kier molecular flexibility index (Phi) is 3.45. The minimum atomic E-state index is 0.400. The first-order chi connectivity index (χ1) is 6.15. The number of rotatable bonds is 4. The van der Waals surface area contributed by atoms with Crippen LogP contribution in [0.25, 0.3) is 0 Å². The highest BCUT2D eigenvalue weighted by Gasteiger charge is 2.09. The van der Waals surface area contributed by atoms with E-state index in [-0.39, 0.29) is 0 Å². The molecular weight excluding hydrogens is 164 g/mol. The zero-order valence-electron chi connectivity index (χ0n) is 8.57. The summed E-state index contributed by atoms with van der Waals surface area (Å²) in [5, 5.41) is 0. The lowest BCUT2D eigenvalue weighted by Gasteiger charge is -2.22. The second-order valence-electron chi connectivity index (χ2n) is 3.45. The van der Waals surface area contributed by atoms with Gasteiger partial charge in [-0.25, -0.2) is 4.98 Å². The number of hydrogen-bond donors (Lipinski definition) is 1. The third-order valence-electron chi connectivity index (χ3n) is 2.41. The minimum absolute atomic E-state index is 0.400. The number of aromatic nitrogens is 2. The third-order valence-corrected chi connectivity index (χ3v) is 2.41. The molecule has 0 fully saturated rings. The van der Waals surface area contributed by atoms with Crippen LogP contribution in [0.1, 0.15) is 12.7 Å². The van der Waals surface area contributed by atoms with Crippen molar-refractivity contribution in [3.05, 3.63) is 18.2 Å². The van der Waals surface area contributed by atoms with Gasteiger partial charge in [-0.05, 0) is 14.0 Å². The van der Waals surface area contributed by atoms with Crippen LogP contribution in [-0.4, -0.2) is 34.1 Å². The van der Waals surface area contributed by atoms with E-state index in [1.807, 2.05) is 24.0 Å². The highest BCUT2D eigenvalue weighted by Crippen LogP contribution is 2.02. The molecule has 13 heavy (non-hydrogen) atoms. The summed E-state index contributed by atoms with van der Waals surface area (Å²) in [6.45, 7) is 3.64. The molecule has 0 spiro atoms. The molecule has 0 aliphatic carbocycles. The lowest BCUT2D eigenvalue weighted by atomic mass is 10.3. The lowest BCUT2D eigenvalue weighted by Crippen LogP contribution is -2.35. The first-order valence-corrected chi connectivity index (χ1v) is 4.51. The van der Waals surface area contributed by atoms with E-state index in [1.54, 1.807) is 0 Å². The van der Waals surface area contributed by atoms with Gasteiger partial charge in [-0.2, -0.15) is 0 Å². The predicted octanol–water partition coefficient (Wildman–Crippen LogP) is 0.199. The maximum Gasteiger partial charge on any atom is 0.122 e. The van der Waals surface area contributed by atoms with Crippen LogP contribution in [0.15, 0.2) is 12.4 Å². The molecule has 0 aliphatic heterocycles. The molecule has 0 radical (unpaired) electrons. The van der Waals surface area contributed by atoms with Crippen molar-refractivity contribution in [2.75, 3.05) is 13.6 Å². The second-order valence-corrected chi connectivity index (χ2v) is 3.45. The van der Waals surface area contributed by atoms with Crippen LogP contribution in [0.4, 0.5) is 0 Å². The SMILES string of the molecule is CC(CN)N(C)Cc1nccn1C. The van der Waals surface area contributed by atoms with Gasteiger partial charge in [0.15, 0.2) is 0 Å². The Bertz CT molecular complexity index is 256. The smallest absolute Gasteiger partial charge is 0.122 e. The molecule has 0 saturated carbocycles. The fourth-order valence-corrected chi connectivity index (χ4v) is 1.11. The van der Waals surface area contributed by atoms with Gasteiger partial charge in [0, 0.05) is 32.0 Å². The van der Waals surface area contributed by atoms with E-state index >= 15 is 0 Å². The molecule has 0 aromatic carbocycles. The van der Waals surface area contributed by atoms with E-state index < -0.39 is 0 Å². The molecule has 0 saturated heterocycles. The van der Waals surface area contributed by atoms with Crippen LogP contribution in [0.5, 0.6) is 0 Å². The summed E-state index contributed by atoms with van der Waals surface area (Å²) in [7, 11) is 4.06. The Labute approximate surface area is 79.4 Å². The predicted molar refractivity (Wildman–Crippen MR) is 53.2 cm³/mol. The third kappa shape index (κ3) is 2.54. The number of hydrogen-bond acceptors (Lipinski definition) is 3.